The average Bonchev–Trinajstić information content (AvgIpc) is 2.77. The molecule has 3 heteroatoms. The van der Waals surface area contributed by atoms with Crippen molar-refractivity contribution < 1.29 is 4.79 Å². The molecular weight excluding hydrogens is 248 g/mol. The van der Waals surface area contributed by atoms with E-state index in [0.29, 0.717) is 29.5 Å². The molecule has 3 nitrogen and oxygen atoms in total. The van der Waals surface area contributed by atoms with Crippen molar-refractivity contribution in [3.05, 3.63) is 35.9 Å². The summed E-state index contributed by atoms with van der Waals surface area (Å²) in [6.07, 6.45) is 0. The summed E-state index contributed by atoms with van der Waals surface area (Å²) < 4.78 is 0. The predicted molar refractivity (Wildman–Crippen MR) is 80.3 cm³/mol. The minimum Gasteiger partial charge on any atom is -0.308 e. The highest BCUT2D eigenvalue weighted by Crippen LogP contribution is 2.64. The third kappa shape index (κ3) is 2.01. The number of benzene rings is 1. The van der Waals surface area contributed by atoms with E-state index in [-0.39, 0.29) is 11.8 Å². The molecule has 1 unspecified atom stereocenters. The number of carbonyl (C=O) groups is 1. The summed E-state index contributed by atoms with van der Waals surface area (Å²) in [6.45, 7) is 7.84. The Kier molecular flexibility index (Phi) is 3.05. The third-order valence-electron chi connectivity index (χ3n) is 5.19. The van der Waals surface area contributed by atoms with Gasteiger partial charge in [0.15, 0.2) is 5.78 Å². The van der Waals surface area contributed by atoms with Crippen molar-refractivity contribution >= 4 is 11.5 Å². The van der Waals surface area contributed by atoms with Crippen LogP contribution in [0.25, 0.3) is 0 Å². The van der Waals surface area contributed by atoms with Gasteiger partial charge in [-0.1, -0.05) is 44.2 Å². The zero-order valence-corrected chi connectivity index (χ0v) is 12.4. The quantitative estimate of drug-likeness (QED) is 0.675. The molecule has 1 N–H and O–H groups in total. The van der Waals surface area contributed by atoms with Crippen molar-refractivity contribution in [2.75, 3.05) is 13.1 Å². The highest BCUT2D eigenvalue weighted by molar-refractivity contribution is 5.98. The lowest BCUT2D eigenvalue weighted by Crippen LogP contribution is -2.43. The highest BCUT2D eigenvalue weighted by atomic mass is 16.1. The molecule has 20 heavy (non-hydrogen) atoms. The largest absolute Gasteiger partial charge is 0.308 e. The maximum Gasteiger partial charge on any atom is 0.176 e. The molecule has 0 aromatic heterocycles. The Balaban J connectivity index is 1.73. The van der Waals surface area contributed by atoms with Crippen molar-refractivity contribution in [2.24, 2.45) is 17.3 Å². The normalized spacial score (nSPS) is 30.9. The van der Waals surface area contributed by atoms with E-state index in [4.69, 9.17) is 5.41 Å². The first-order valence-corrected chi connectivity index (χ1v) is 7.30. The van der Waals surface area contributed by atoms with Gasteiger partial charge in [0, 0.05) is 17.8 Å². The van der Waals surface area contributed by atoms with E-state index >= 15 is 0 Å². The maximum atomic E-state index is 12.3. The molecule has 1 aliphatic carbocycles. The van der Waals surface area contributed by atoms with Gasteiger partial charge in [0.05, 0.1) is 12.6 Å². The fourth-order valence-corrected chi connectivity index (χ4v) is 3.96. The van der Waals surface area contributed by atoms with Gasteiger partial charge in [-0.3, -0.25) is 9.69 Å². The minimum atomic E-state index is 0.155. The summed E-state index contributed by atoms with van der Waals surface area (Å²) in [7, 11) is 0. The lowest BCUT2D eigenvalue weighted by atomic mass is 9.98. The number of rotatable bonds is 4. The van der Waals surface area contributed by atoms with Crippen LogP contribution in [0.4, 0.5) is 0 Å². The molecule has 0 spiro atoms. The number of hydrogen-bond donors (Lipinski definition) is 1. The summed E-state index contributed by atoms with van der Waals surface area (Å²) >= 11 is 0. The molecule has 106 valence electrons. The van der Waals surface area contributed by atoms with Gasteiger partial charge < -0.3 is 5.41 Å². The van der Waals surface area contributed by atoms with Crippen LogP contribution in [0.15, 0.2) is 30.3 Å². The van der Waals surface area contributed by atoms with Gasteiger partial charge in [-0.15, -0.1) is 0 Å². The lowest BCUT2D eigenvalue weighted by Gasteiger charge is -2.29. The number of hydrogen-bond acceptors (Lipinski definition) is 3. The molecular formula is C17H22N2O. The second-order valence-electron chi connectivity index (χ2n) is 6.80. The van der Waals surface area contributed by atoms with Crippen molar-refractivity contribution in [3.63, 3.8) is 0 Å². The topological polar surface area (TPSA) is 44.2 Å². The fraction of sp³-hybridized carbons (Fsp3) is 0.529. The molecule has 2 aliphatic rings. The standard InChI is InChI=1S/C17H22N2O/c1-11(18)16-15-13(17(15,2)3)9-19(16)10-14(20)12-7-5-4-6-8-12/h4-8,13,15-16,18H,9-10H2,1-3H3/t13?,15-,16+/m0/s1. The first kappa shape index (κ1) is 13.5. The van der Waals surface area contributed by atoms with Gasteiger partial charge in [-0.25, -0.2) is 0 Å². The van der Waals surface area contributed by atoms with Crippen LogP contribution in [0, 0.1) is 22.7 Å². The predicted octanol–water partition coefficient (Wildman–Crippen LogP) is 2.87. The van der Waals surface area contributed by atoms with Gasteiger partial charge in [0.1, 0.15) is 0 Å². The maximum absolute atomic E-state index is 12.3. The Labute approximate surface area is 120 Å². The van der Waals surface area contributed by atoms with Crippen LogP contribution in [-0.2, 0) is 0 Å². The summed E-state index contributed by atoms with van der Waals surface area (Å²) in [6, 6.07) is 9.62. The fourth-order valence-electron chi connectivity index (χ4n) is 3.96. The van der Waals surface area contributed by atoms with Crippen LogP contribution in [0.1, 0.15) is 31.1 Å². The van der Waals surface area contributed by atoms with E-state index in [2.05, 4.69) is 18.7 Å². The van der Waals surface area contributed by atoms with Crippen LogP contribution < -0.4 is 0 Å². The number of piperidine rings is 1. The summed E-state index contributed by atoms with van der Waals surface area (Å²) in [5.41, 5.74) is 1.82. The van der Waals surface area contributed by atoms with E-state index in [1.807, 2.05) is 37.3 Å². The van der Waals surface area contributed by atoms with E-state index in [1.165, 1.54) is 0 Å². The Morgan fingerprint density at radius 2 is 2.00 bits per heavy atom. The van der Waals surface area contributed by atoms with Gasteiger partial charge in [0.2, 0.25) is 0 Å². The number of nitrogens with one attached hydrogen (secondary N) is 1. The van der Waals surface area contributed by atoms with E-state index in [0.717, 1.165) is 12.1 Å². The average molecular weight is 270 g/mol. The van der Waals surface area contributed by atoms with E-state index in [1.54, 1.807) is 0 Å². The molecule has 3 rings (SSSR count). The molecule has 1 heterocycles. The molecule has 1 aromatic carbocycles. The van der Waals surface area contributed by atoms with Gasteiger partial charge in [-0.2, -0.15) is 0 Å². The second kappa shape index (κ2) is 4.52. The molecule has 0 radical (unpaired) electrons. The van der Waals surface area contributed by atoms with Crippen molar-refractivity contribution in [1.29, 1.82) is 5.41 Å². The number of likely N-dealkylation sites (tertiary alicyclic amines) is 1. The van der Waals surface area contributed by atoms with Gasteiger partial charge >= 0.3 is 0 Å². The van der Waals surface area contributed by atoms with Gasteiger partial charge in [-0.05, 0) is 24.2 Å². The molecule has 1 saturated heterocycles. The Morgan fingerprint density at radius 1 is 1.35 bits per heavy atom. The zero-order valence-electron chi connectivity index (χ0n) is 12.4. The second-order valence-corrected chi connectivity index (χ2v) is 6.80. The first-order valence-electron chi connectivity index (χ1n) is 7.30. The molecule has 3 atom stereocenters. The van der Waals surface area contributed by atoms with Crippen LogP contribution in [0.3, 0.4) is 0 Å². The lowest BCUT2D eigenvalue weighted by molar-refractivity contribution is 0.0915. The summed E-state index contributed by atoms with van der Waals surface area (Å²) in [5, 5.41) is 8.05. The van der Waals surface area contributed by atoms with E-state index in [9.17, 15) is 4.79 Å². The number of nitrogens with zero attached hydrogens (tertiary/aromatic N) is 1. The molecule has 0 bridgehead atoms. The third-order valence-corrected chi connectivity index (χ3v) is 5.19. The Bertz CT molecular complexity index is 549. The number of Topliss-reactive ketones (excluding diaryl/α,β-unsaturated/α-hetero) is 1. The molecule has 1 aromatic rings. The Hall–Kier alpha value is -1.48. The van der Waals surface area contributed by atoms with Crippen LogP contribution in [0.5, 0.6) is 0 Å². The van der Waals surface area contributed by atoms with Crippen molar-refractivity contribution in [3.8, 4) is 0 Å². The zero-order chi connectivity index (χ0) is 14.5. The minimum absolute atomic E-state index is 0.155. The van der Waals surface area contributed by atoms with E-state index < -0.39 is 0 Å². The molecule has 0 amide bonds. The van der Waals surface area contributed by atoms with Crippen molar-refractivity contribution in [2.45, 2.75) is 26.8 Å². The molecule has 1 aliphatic heterocycles. The highest BCUT2D eigenvalue weighted by Gasteiger charge is 2.66. The summed E-state index contributed by atoms with van der Waals surface area (Å²) in [5.74, 6) is 1.37. The molecule has 1 saturated carbocycles. The van der Waals surface area contributed by atoms with Crippen LogP contribution >= 0.6 is 0 Å². The monoisotopic (exact) mass is 270 g/mol. The number of fused-ring (bicyclic) bond motifs is 1. The smallest absolute Gasteiger partial charge is 0.176 e. The van der Waals surface area contributed by atoms with Crippen molar-refractivity contribution in [1.82, 2.24) is 4.90 Å². The SMILES string of the molecule is CC(=N)[C@@H]1[C@@H]2C(CN1CC(=O)c1ccccc1)C2(C)C. The van der Waals surface area contributed by atoms with Gasteiger partial charge in [0.25, 0.3) is 0 Å². The number of carbonyl (C=O) groups excluding carboxylic acids is 1. The first-order chi connectivity index (χ1) is 9.43. The Morgan fingerprint density at radius 3 is 2.60 bits per heavy atom. The molecule has 2 fully saturated rings. The van der Waals surface area contributed by atoms with Crippen LogP contribution in [0.2, 0.25) is 0 Å². The van der Waals surface area contributed by atoms with Crippen LogP contribution in [-0.4, -0.2) is 35.5 Å². The number of ketones is 1. The summed E-state index contributed by atoms with van der Waals surface area (Å²) in [4.78, 5) is 14.5.